The van der Waals surface area contributed by atoms with E-state index in [0.717, 1.165) is 71.0 Å². The average molecular weight is 383 g/mol. The second kappa shape index (κ2) is 14.0. The van der Waals surface area contributed by atoms with Gasteiger partial charge >= 0.3 is 5.97 Å². The van der Waals surface area contributed by atoms with Crippen molar-refractivity contribution < 1.29 is 14.3 Å². The molecular weight excluding hydrogens is 340 g/mol. The highest BCUT2D eigenvalue weighted by Gasteiger charge is 2.24. The molecule has 1 N–H and O–H groups in total. The Morgan fingerprint density at radius 2 is 1.81 bits per heavy atom. The minimum Gasteiger partial charge on any atom is -0.465 e. The topological polar surface area (TPSA) is 58.6 Å². The zero-order valence-electron chi connectivity index (χ0n) is 18.1. The standard InChI is InChI=1S/C22H42N2O3/c1-5-10-18(3)22(26)27-17-20-12-15-24(16-13-20)21(25)11-8-7-9-14-23-19(4)6-2/h18-20,23H,5-17H2,1-4H3. The number of amides is 1. The first-order valence-electron chi connectivity index (χ1n) is 11.2. The van der Waals surface area contributed by atoms with Gasteiger partial charge in [-0.05, 0) is 57.9 Å². The summed E-state index contributed by atoms with van der Waals surface area (Å²) in [6, 6.07) is 0.585. The van der Waals surface area contributed by atoms with Crippen LogP contribution in [0.3, 0.4) is 0 Å². The molecule has 1 saturated heterocycles. The van der Waals surface area contributed by atoms with E-state index < -0.39 is 0 Å². The van der Waals surface area contributed by atoms with Gasteiger partial charge in [0.15, 0.2) is 0 Å². The Bertz CT molecular complexity index is 420. The summed E-state index contributed by atoms with van der Waals surface area (Å²) in [7, 11) is 0. The zero-order chi connectivity index (χ0) is 20.1. The molecule has 5 heteroatoms. The molecule has 1 aliphatic rings. The smallest absolute Gasteiger partial charge is 0.308 e. The fourth-order valence-corrected chi connectivity index (χ4v) is 3.47. The summed E-state index contributed by atoms with van der Waals surface area (Å²) in [6.07, 6.45) is 8.83. The number of esters is 1. The van der Waals surface area contributed by atoms with Crippen LogP contribution in [0, 0.1) is 11.8 Å². The predicted octanol–water partition coefficient (Wildman–Crippen LogP) is 4.15. The molecule has 1 aliphatic heterocycles. The van der Waals surface area contributed by atoms with Gasteiger partial charge in [0.2, 0.25) is 5.91 Å². The van der Waals surface area contributed by atoms with Gasteiger partial charge in [0.05, 0.1) is 12.5 Å². The molecule has 1 fully saturated rings. The van der Waals surface area contributed by atoms with E-state index in [1.54, 1.807) is 0 Å². The van der Waals surface area contributed by atoms with Crippen LogP contribution in [0.4, 0.5) is 0 Å². The summed E-state index contributed by atoms with van der Waals surface area (Å²) in [4.78, 5) is 26.2. The van der Waals surface area contributed by atoms with Crippen LogP contribution in [0.2, 0.25) is 0 Å². The first-order chi connectivity index (χ1) is 13.0. The summed E-state index contributed by atoms with van der Waals surface area (Å²) >= 11 is 0. The Labute approximate surface area is 166 Å². The molecule has 0 aromatic carbocycles. The second-order valence-electron chi connectivity index (χ2n) is 8.22. The Morgan fingerprint density at radius 1 is 1.11 bits per heavy atom. The lowest BCUT2D eigenvalue weighted by Crippen LogP contribution is -2.39. The van der Waals surface area contributed by atoms with Crippen molar-refractivity contribution in [1.29, 1.82) is 0 Å². The van der Waals surface area contributed by atoms with E-state index in [2.05, 4.69) is 26.1 Å². The van der Waals surface area contributed by atoms with Crippen LogP contribution < -0.4 is 5.32 Å². The van der Waals surface area contributed by atoms with Gasteiger partial charge in [0.1, 0.15) is 0 Å². The van der Waals surface area contributed by atoms with E-state index in [0.29, 0.717) is 25.0 Å². The van der Waals surface area contributed by atoms with Gasteiger partial charge in [-0.2, -0.15) is 0 Å². The highest BCUT2D eigenvalue weighted by atomic mass is 16.5. The zero-order valence-corrected chi connectivity index (χ0v) is 18.1. The molecule has 0 radical (unpaired) electrons. The van der Waals surface area contributed by atoms with Crippen LogP contribution in [0.15, 0.2) is 0 Å². The fourth-order valence-electron chi connectivity index (χ4n) is 3.47. The van der Waals surface area contributed by atoms with Gasteiger partial charge in [0, 0.05) is 25.6 Å². The van der Waals surface area contributed by atoms with Gasteiger partial charge in [-0.1, -0.05) is 33.6 Å². The normalized spacial score (nSPS) is 17.6. The summed E-state index contributed by atoms with van der Waals surface area (Å²) in [5.74, 6) is 0.616. The fraction of sp³-hybridized carbons (Fsp3) is 0.909. The lowest BCUT2D eigenvalue weighted by molar-refractivity contribution is -0.150. The van der Waals surface area contributed by atoms with Gasteiger partial charge < -0.3 is 15.0 Å². The highest BCUT2D eigenvalue weighted by molar-refractivity contribution is 5.76. The second-order valence-corrected chi connectivity index (χ2v) is 8.22. The first kappa shape index (κ1) is 23.9. The number of hydrogen-bond donors (Lipinski definition) is 1. The Kier molecular flexibility index (Phi) is 12.4. The molecular formula is C22H42N2O3. The monoisotopic (exact) mass is 382 g/mol. The highest BCUT2D eigenvalue weighted by Crippen LogP contribution is 2.19. The van der Waals surface area contributed by atoms with Gasteiger partial charge in [-0.15, -0.1) is 0 Å². The molecule has 1 heterocycles. The molecule has 0 spiro atoms. The molecule has 158 valence electrons. The molecule has 1 amide bonds. The summed E-state index contributed by atoms with van der Waals surface area (Å²) in [5, 5.41) is 3.49. The SMILES string of the molecule is CCCC(C)C(=O)OCC1CCN(C(=O)CCCCCNC(C)CC)CC1. The number of piperidine rings is 1. The molecule has 2 unspecified atom stereocenters. The maximum atomic E-state index is 12.3. The van der Waals surface area contributed by atoms with Gasteiger partial charge in [-0.3, -0.25) is 9.59 Å². The van der Waals surface area contributed by atoms with Gasteiger partial charge in [-0.25, -0.2) is 0 Å². The van der Waals surface area contributed by atoms with Crippen LogP contribution >= 0.6 is 0 Å². The Hall–Kier alpha value is -1.10. The molecule has 0 bridgehead atoms. The number of carbonyl (C=O) groups is 2. The maximum Gasteiger partial charge on any atom is 0.308 e. The number of nitrogens with one attached hydrogen (secondary N) is 1. The number of rotatable bonds is 13. The summed E-state index contributed by atoms with van der Waals surface area (Å²) in [6.45, 7) is 11.6. The largest absolute Gasteiger partial charge is 0.465 e. The molecule has 2 atom stereocenters. The van der Waals surface area contributed by atoms with Crippen LogP contribution in [-0.2, 0) is 14.3 Å². The van der Waals surface area contributed by atoms with E-state index in [1.165, 1.54) is 0 Å². The van der Waals surface area contributed by atoms with Crippen molar-refractivity contribution in [2.24, 2.45) is 11.8 Å². The van der Waals surface area contributed by atoms with E-state index in [-0.39, 0.29) is 17.8 Å². The van der Waals surface area contributed by atoms with Crippen molar-refractivity contribution in [3.05, 3.63) is 0 Å². The number of likely N-dealkylation sites (tertiary alicyclic amines) is 1. The van der Waals surface area contributed by atoms with Crippen molar-refractivity contribution in [2.75, 3.05) is 26.2 Å². The van der Waals surface area contributed by atoms with Crippen molar-refractivity contribution in [1.82, 2.24) is 10.2 Å². The minimum atomic E-state index is -0.0711. The van der Waals surface area contributed by atoms with Crippen molar-refractivity contribution in [3.8, 4) is 0 Å². The molecule has 5 nitrogen and oxygen atoms in total. The summed E-state index contributed by atoms with van der Waals surface area (Å²) < 4.78 is 5.47. The average Bonchev–Trinajstić information content (AvgIpc) is 2.68. The number of unbranched alkanes of at least 4 members (excludes halogenated alkanes) is 2. The van der Waals surface area contributed by atoms with E-state index in [9.17, 15) is 9.59 Å². The lowest BCUT2D eigenvalue weighted by atomic mass is 9.97. The molecule has 0 aliphatic carbocycles. The van der Waals surface area contributed by atoms with E-state index in [1.807, 2.05) is 11.8 Å². The number of ether oxygens (including phenoxy) is 1. The number of carbonyl (C=O) groups excluding carboxylic acids is 2. The minimum absolute atomic E-state index is 0.00273. The predicted molar refractivity (Wildman–Crippen MR) is 111 cm³/mol. The van der Waals surface area contributed by atoms with Crippen molar-refractivity contribution >= 4 is 11.9 Å². The molecule has 0 aromatic rings. The molecule has 0 saturated carbocycles. The van der Waals surface area contributed by atoms with E-state index >= 15 is 0 Å². The number of nitrogens with zero attached hydrogens (tertiary/aromatic N) is 1. The molecule has 27 heavy (non-hydrogen) atoms. The first-order valence-corrected chi connectivity index (χ1v) is 11.2. The van der Waals surface area contributed by atoms with Crippen LogP contribution in [-0.4, -0.2) is 49.1 Å². The van der Waals surface area contributed by atoms with Gasteiger partial charge in [0.25, 0.3) is 0 Å². The third-order valence-electron chi connectivity index (χ3n) is 5.73. The Morgan fingerprint density at radius 3 is 2.44 bits per heavy atom. The van der Waals surface area contributed by atoms with Crippen molar-refractivity contribution in [2.45, 2.75) is 91.5 Å². The van der Waals surface area contributed by atoms with Crippen LogP contribution in [0.25, 0.3) is 0 Å². The van der Waals surface area contributed by atoms with E-state index in [4.69, 9.17) is 4.74 Å². The summed E-state index contributed by atoms with van der Waals surface area (Å²) in [5.41, 5.74) is 0. The van der Waals surface area contributed by atoms with Crippen LogP contribution in [0.1, 0.15) is 85.5 Å². The Balaban J connectivity index is 2.10. The maximum absolute atomic E-state index is 12.3. The van der Waals surface area contributed by atoms with Crippen molar-refractivity contribution in [3.63, 3.8) is 0 Å². The molecule has 0 aromatic heterocycles. The molecule has 1 rings (SSSR count). The van der Waals surface area contributed by atoms with Crippen LogP contribution in [0.5, 0.6) is 0 Å². The third-order valence-corrected chi connectivity index (χ3v) is 5.73. The third kappa shape index (κ3) is 10.1. The number of hydrogen-bond acceptors (Lipinski definition) is 4. The lowest BCUT2D eigenvalue weighted by Gasteiger charge is -2.32. The quantitative estimate of drug-likeness (QED) is 0.384.